The van der Waals surface area contributed by atoms with E-state index in [-0.39, 0.29) is 18.0 Å². The molecule has 0 saturated carbocycles. The average molecular weight is 240 g/mol. The van der Waals surface area contributed by atoms with Crippen molar-refractivity contribution in [2.24, 2.45) is 5.73 Å². The molecule has 17 heavy (non-hydrogen) atoms. The zero-order valence-corrected chi connectivity index (χ0v) is 9.77. The van der Waals surface area contributed by atoms with E-state index in [2.05, 4.69) is 5.32 Å². The van der Waals surface area contributed by atoms with Gasteiger partial charge in [0.05, 0.1) is 12.8 Å². The highest BCUT2D eigenvalue weighted by Gasteiger charge is 2.17. The largest absolute Gasteiger partial charge is 0.506 e. The molecule has 1 rings (SSSR count). The van der Waals surface area contributed by atoms with Crippen LogP contribution in [0, 0.1) is 0 Å². The molecule has 0 radical (unpaired) electrons. The van der Waals surface area contributed by atoms with Gasteiger partial charge in [0, 0.05) is 19.7 Å². The van der Waals surface area contributed by atoms with Crippen molar-refractivity contribution in [1.29, 1.82) is 0 Å². The molecule has 0 spiro atoms. The molecule has 0 aromatic heterocycles. The van der Waals surface area contributed by atoms with Crippen molar-refractivity contribution in [1.82, 2.24) is 0 Å². The molecule has 94 valence electrons. The first kappa shape index (κ1) is 13.3. The van der Waals surface area contributed by atoms with E-state index < -0.39 is 12.0 Å². The normalized spacial score (nSPS) is 11.9. The average Bonchev–Trinajstić information content (AvgIpc) is 2.33. The van der Waals surface area contributed by atoms with Gasteiger partial charge in [-0.2, -0.15) is 0 Å². The van der Waals surface area contributed by atoms with Crippen molar-refractivity contribution in [3.63, 3.8) is 0 Å². The summed E-state index contributed by atoms with van der Waals surface area (Å²) in [4.78, 5) is 11.6. The number of carbonyl (C=O) groups is 1. The summed E-state index contributed by atoms with van der Waals surface area (Å²) in [5.74, 6) is 0.0163. The lowest BCUT2D eigenvalue weighted by Crippen LogP contribution is -2.35. The van der Waals surface area contributed by atoms with Gasteiger partial charge in [-0.15, -0.1) is 0 Å². The third kappa shape index (κ3) is 3.33. The number of nitrogens with one attached hydrogen (secondary N) is 1. The molecule has 6 nitrogen and oxygen atoms in total. The van der Waals surface area contributed by atoms with E-state index in [0.29, 0.717) is 5.75 Å². The van der Waals surface area contributed by atoms with Crippen molar-refractivity contribution in [3.8, 4) is 11.5 Å². The maximum absolute atomic E-state index is 11.6. The van der Waals surface area contributed by atoms with Crippen LogP contribution in [0.25, 0.3) is 0 Å². The second kappa shape index (κ2) is 6.07. The Morgan fingerprint density at radius 3 is 2.71 bits per heavy atom. The second-order valence-corrected chi connectivity index (χ2v) is 3.33. The number of hydrogen-bond acceptors (Lipinski definition) is 5. The van der Waals surface area contributed by atoms with Gasteiger partial charge >= 0.3 is 0 Å². The number of carbonyl (C=O) groups excluding carboxylic acids is 1. The molecule has 0 bridgehead atoms. The molecule has 6 heteroatoms. The number of methoxy groups -OCH3 is 2. The lowest BCUT2D eigenvalue weighted by molar-refractivity contribution is -0.125. The number of rotatable bonds is 5. The number of hydrogen-bond donors (Lipinski definition) is 3. The van der Waals surface area contributed by atoms with Crippen LogP contribution in [0.1, 0.15) is 0 Å². The number of anilines is 1. The molecular formula is C11H16N2O4. The van der Waals surface area contributed by atoms with Crippen LogP contribution < -0.4 is 15.8 Å². The Balaban J connectivity index is 2.78. The van der Waals surface area contributed by atoms with Gasteiger partial charge in [0.15, 0.2) is 0 Å². The molecule has 0 saturated heterocycles. The highest BCUT2D eigenvalue weighted by Crippen LogP contribution is 2.27. The molecule has 1 amide bonds. The highest BCUT2D eigenvalue weighted by atomic mass is 16.5. The Morgan fingerprint density at radius 2 is 2.24 bits per heavy atom. The molecule has 1 aromatic carbocycles. The molecule has 1 unspecified atom stereocenters. The number of benzene rings is 1. The van der Waals surface area contributed by atoms with Gasteiger partial charge in [0.2, 0.25) is 0 Å². The summed E-state index contributed by atoms with van der Waals surface area (Å²) >= 11 is 0. The highest BCUT2D eigenvalue weighted by molar-refractivity contribution is 5.95. The Bertz CT molecular complexity index is 391. The quantitative estimate of drug-likeness (QED) is 0.644. The molecular weight excluding hydrogens is 224 g/mol. The van der Waals surface area contributed by atoms with E-state index in [0.717, 1.165) is 0 Å². The van der Waals surface area contributed by atoms with E-state index in [1.165, 1.54) is 26.4 Å². The van der Waals surface area contributed by atoms with Crippen molar-refractivity contribution < 1.29 is 19.4 Å². The summed E-state index contributed by atoms with van der Waals surface area (Å²) < 4.78 is 9.80. The van der Waals surface area contributed by atoms with Crippen molar-refractivity contribution in [3.05, 3.63) is 18.2 Å². The maximum Gasteiger partial charge on any atom is 0.254 e. The van der Waals surface area contributed by atoms with E-state index in [1.807, 2.05) is 0 Å². The minimum atomic E-state index is -0.739. The van der Waals surface area contributed by atoms with Gasteiger partial charge in [-0.05, 0) is 12.1 Å². The molecule has 4 N–H and O–H groups in total. The third-order valence-electron chi connectivity index (χ3n) is 2.25. The zero-order chi connectivity index (χ0) is 12.8. The van der Waals surface area contributed by atoms with Gasteiger partial charge in [-0.25, -0.2) is 0 Å². The van der Waals surface area contributed by atoms with E-state index in [9.17, 15) is 9.90 Å². The van der Waals surface area contributed by atoms with Crippen LogP contribution in [0.4, 0.5) is 5.69 Å². The topological polar surface area (TPSA) is 93.8 Å². The van der Waals surface area contributed by atoms with E-state index in [4.69, 9.17) is 15.2 Å². The lowest BCUT2D eigenvalue weighted by atomic mass is 10.2. The van der Waals surface area contributed by atoms with Crippen molar-refractivity contribution in [2.75, 3.05) is 26.1 Å². The van der Waals surface area contributed by atoms with Crippen LogP contribution in [0.15, 0.2) is 18.2 Å². The van der Waals surface area contributed by atoms with Gasteiger partial charge in [0.1, 0.15) is 17.6 Å². The summed E-state index contributed by atoms with van der Waals surface area (Å²) in [5, 5.41) is 12.1. The molecule has 1 atom stereocenters. The first-order valence-corrected chi connectivity index (χ1v) is 5.03. The number of amides is 1. The fraction of sp³-hybridized carbons (Fsp3) is 0.364. The van der Waals surface area contributed by atoms with Gasteiger partial charge < -0.3 is 25.6 Å². The van der Waals surface area contributed by atoms with Gasteiger partial charge in [-0.3, -0.25) is 4.79 Å². The molecule has 0 heterocycles. The fourth-order valence-corrected chi connectivity index (χ4v) is 1.27. The van der Waals surface area contributed by atoms with Crippen LogP contribution in [-0.4, -0.2) is 37.9 Å². The Hall–Kier alpha value is -1.79. The Morgan fingerprint density at radius 1 is 1.53 bits per heavy atom. The third-order valence-corrected chi connectivity index (χ3v) is 2.25. The molecule has 0 aliphatic carbocycles. The summed E-state index contributed by atoms with van der Waals surface area (Å²) in [6, 6.07) is 4.56. The summed E-state index contributed by atoms with van der Waals surface area (Å²) in [5.41, 5.74) is 5.64. The number of aromatic hydroxyl groups is 1. The van der Waals surface area contributed by atoms with Crippen LogP contribution in [0.2, 0.25) is 0 Å². The van der Waals surface area contributed by atoms with Gasteiger partial charge in [0.25, 0.3) is 5.91 Å². The smallest absolute Gasteiger partial charge is 0.254 e. The molecule has 0 fully saturated rings. The van der Waals surface area contributed by atoms with Crippen molar-refractivity contribution >= 4 is 11.6 Å². The minimum absolute atomic E-state index is 0.0687. The van der Waals surface area contributed by atoms with E-state index in [1.54, 1.807) is 6.07 Å². The van der Waals surface area contributed by atoms with E-state index >= 15 is 0 Å². The summed E-state index contributed by atoms with van der Waals surface area (Å²) in [7, 11) is 2.88. The van der Waals surface area contributed by atoms with Gasteiger partial charge in [-0.1, -0.05) is 0 Å². The number of phenolic OH excluding ortho intramolecular Hbond substituents is 1. The maximum atomic E-state index is 11.6. The number of ether oxygens (including phenoxy) is 2. The predicted molar refractivity (Wildman–Crippen MR) is 63.1 cm³/mol. The fourth-order valence-electron chi connectivity index (χ4n) is 1.27. The van der Waals surface area contributed by atoms with Crippen LogP contribution in [-0.2, 0) is 9.53 Å². The number of phenols is 1. The lowest BCUT2D eigenvalue weighted by Gasteiger charge is -2.14. The first-order chi connectivity index (χ1) is 8.12. The Labute approximate surface area is 99.3 Å². The standard InChI is InChI=1S/C11H16N2O4/c1-16-7-3-4-8(9(14)5-7)13-11(15)10(6-12)17-2/h3-5,10,14H,6,12H2,1-2H3,(H,13,15). The second-order valence-electron chi connectivity index (χ2n) is 3.33. The summed E-state index contributed by atoms with van der Waals surface area (Å²) in [6.07, 6.45) is -0.739. The zero-order valence-electron chi connectivity index (χ0n) is 9.77. The van der Waals surface area contributed by atoms with Crippen molar-refractivity contribution in [2.45, 2.75) is 6.10 Å². The van der Waals surface area contributed by atoms with Crippen LogP contribution in [0.3, 0.4) is 0 Å². The summed E-state index contributed by atoms with van der Waals surface area (Å²) in [6.45, 7) is 0.0687. The van der Waals surface area contributed by atoms with Crippen LogP contribution in [0.5, 0.6) is 11.5 Å². The number of nitrogens with two attached hydrogens (primary N) is 1. The monoisotopic (exact) mass is 240 g/mol. The molecule has 1 aromatic rings. The predicted octanol–water partition coefficient (Wildman–Crippen LogP) is 0.313. The minimum Gasteiger partial charge on any atom is -0.506 e. The SMILES string of the molecule is COc1ccc(NC(=O)C(CN)OC)c(O)c1. The van der Waals surface area contributed by atoms with Crippen LogP contribution >= 0.6 is 0 Å². The molecule has 0 aliphatic rings. The molecule has 0 aliphatic heterocycles. The first-order valence-electron chi connectivity index (χ1n) is 5.03. The Kier molecular flexibility index (Phi) is 4.74.